The number of hydrogen-bond donors (Lipinski definition) is 1. The van der Waals surface area contributed by atoms with Crippen molar-refractivity contribution in [2.24, 2.45) is 0 Å². The first-order valence-corrected chi connectivity index (χ1v) is 10.1. The average molecular weight is 402 g/mol. The van der Waals surface area contributed by atoms with Gasteiger partial charge in [0, 0.05) is 36.8 Å². The predicted octanol–water partition coefficient (Wildman–Crippen LogP) is 3.40. The predicted molar refractivity (Wildman–Crippen MR) is 113 cm³/mol. The number of carbonyl (C=O) groups is 1. The summed E-state index contributed by atoms with van der Waals surface area (Å²) in [6.45, 7) is 2.70. The molecule has 3 aromatic rings. The van der Waals surface area contributed by atoms with Crippen molar-refractivity contribution in [3.63, 3.8) is 0 Å². The Labute approximate surface area is 174 Å². The van der Waals surface area contributed by atoms with Crippen LogP contribution in [0.1, 0.15) is 28.8 Å². The number of ether oxygens (including phenoxy) is 2. The fraction of sp³-hybridized carbons (Fsp3) is 0.261. The lowest BCUT2D eigenvalue weighted by Gasteiger charge is -2.16. The summed E-state index contributed by atoms with van der Waals surface area (Å²) in [6, 6.07) is 15.2. The molecule has 0 aliphatic carbocycles. The number of carbonyl (C=O) groups excluding carboxylic acids is 1. The highest BCUT2D eigenvalue weighted by atomic mass is 16.7. The molecule has 0 bridgehead atoms. The molecule has 7 heteroatoms. The van der Waals surface area contributed by atoms with Crippen LogP contribution in [0.4, 0.5) is 5.82 Å². The molecule has 1 amide bonds. The van der Waals surface area contributed by atoms with Gasteiger partial charge >= 0.3 is 0 Å². The first-order valence-electron chi connectivity index (χ1n) is 10.1. The molecule has 0 spiro atoms. The molecule has 0 atom stereocenters. The number of amides is 1. The van der Waals surface area contributed by atoms with Crippen LogP contribution in [0.15, 0.2) is 54.9 Å². The second-order valence-corrected chi connectivity index (χ2v) is 7.41. The zero-order valence-electron chi connectivity index (χ0n) is 16.5. The molecule has 0 unspecified atom stereocenters. The number of hydrogen-bond acceptors (Lipinski definition) is 6. The molecular formula is C23H22N4O3. The highest BCUT2D eigenvalue weighted by Crippen LogP contribution is 2.32. The lowest BCUT2D eigenvalue weighted by molar-refractivity contribution is 0.0951. The minimum atomic E-state index is -0.136. The lowest BCUT2D eigenvalue weighted by Crippen LogP contribution is -2.22. The highest BCUT2D eigenvalue weighted by molar-refractivity contribution is 5.95. The molecule has 152 valence electrons. The number of anilines is 1. The summed E-state index contributed by atoms with van der Waals surface area (Å²) in [4.78, 5) is 23.8. The Morgan fingerprint density at radius 3 is 2.77 bits per heavy atom. The number of nitrogens with one attached hydrogen (secondary N) is 1. The number of fused-ring (bicyclic) bond motifs is 1. The minimum Gasteiger partial charge on any atom is -0.454 e. The van der Waals surface area contributed by atoms with Crippen LogP contribution < -0.4 is 19.7 Å². The van der Waals surface area contributed by atoms with Gasteiger partial charge in [-0.2, -0.15) is 0 Å². The topological polar surface area (TPSA) is 76.6 Å². The second-order valence-electron chi connectivity index (χ2n) is 7.41. The van der Waals surface area contributed by atoms with Gasteiger partial charge in [0.25, 0.3) is 5.91 Å². The van der Waals surface area contributed by atoms with Gasteiger partial charge in [0.1, 0.15) is 12.1 Å². The summed E-state index contributed by atoms with van der Waals surface area (Å²) in [7, 11) is 0. The van der Waals surface area contributed by atoms with E-state index in [1.54, 1.807) is 12.4 Å². The van der Waals surface area contributed by atoms with Crippen LogP contribution in [-0.2, 0) is 6.54 Å². The van der Waals surface area contributed by atoms with E-state index < -0.39 is 0 Å². The van der Waals surface area contributed by atoms with Crippen molar-refractivity contribution in [2.75, 3.05) is 24.8 Å². The normalized spacial score (nSPS) is 14.7. The molecule has 0 saturated carbocycles. The van der Waals surface area contributed by atoms with E-state index in [-0.39, 0.29) is 12.7 Å². The Balaban J connectivity index is 1.29. The van der Waals surface area contributed by atoms with E-state index >= 15 is 0 Å². The third-order valence-electron chi connectivity index (χ3n) is 5.39. The number of nitrogens with zero attached hydrogens (tertiary/aromatic N) is 3. The van der Waals surface area contributed by atoms with E-state index in [0.29, 0.717) is 17.9 Å². The number of rotatable bonds is 5. The smallest absolute Gasteiger partial charge is 0.251 e. The first-order chi connectivity index (χ1) is 14.8. The van der Waals surface area contributed by atoms with Gasteiger partial charge in [-0.1, -0.05) is 18.2 Å². The molecular weight excluding hydrogens is 380 g/mol. The molecule has 1 saturated heterocycles. The van der Waals surface area contributed by atoms with Crippen LogP contribution >= 0.6 is 0 Å². The van der Waals surface area contributed by atoms with Crippen molar-refractivity contribution in [1.82, 2.24) is 15.3 Å². The molecule has 0 radical (unpaired) electrons. The van der Waals surface area contributed by atoms with E-state index in [0.717, 1.165) is 41.5 Å². The maximum atomic E-state index is 12.7. The molecule has 30 heavy (non-hydrogen) atoms. The Bertz CT molecular complexity index is 1080. The molecule has 2 aromatic carbocycles. The summed E-state index contributed by atoms with van der Waals surface area (Å²) in [5.74, 6) is 2.25. The van der Waals surface area contributed by atoms with Gasteiger partial charge in [0.15, 0.2) is 11.5 Å². The second kappa shape index (κ2) is 8.02. The van der Waals surface area contributed by atoms with Gasteiger partial charge in [-0.05, 0) is 42.7 Å². The van der Waals surface area contributed by atoms with Gasteiger partial charge in [0.05, 0.1) is 5.69 Å². The average Bonchev–Trinajstić information content (AvgIpc) is 3.49. The largest absolute Gasteiger partial charge is 0.454 e. The van der Waals surface area contributed by atoms with Crippen molar-refractivity contribution in [1.29, 1.82) is 0 Å². The third kappa shape index (κ3) is 3.78. The first kappa shape index (κ1) is 18.4. The van der Waals surface area contributed by atoms with Gasteiger partial charge in [-0.15, -0.1) is 0 Å². The van der Waals surface area contributed by atoms with Gasteiger partial charge in [-0.25, -0.2) is 9.97 Å². The highest BCUT2D eigenvalue weighted by Gasteiger charge is 2.16. The number of aromatic nitrogens is 2. The number of benzene rings is 2. The van der Waals surface area contributed by atoms with Crippen LogP contribution in [0, 0.1) is 0 Å². The van der Waals surface area contributed by atoms with Crippen molar-refractivity contribution < 1.29 is 14.3 Å². The van der Waals surface area contributed by atoms with Crippen LogP contribution in [0.25, 0.3) is 11.3 Å². The third-order valence-corrected chi connectivity index (χ3v) is 5.39. The van der Waals surface area contributed by atoms with Crippen LogP contribution in [0.2, 0.25) is 0 Å². The summed E-state index contributed by atoms with van der Waals surface area (Å²) in [5.41, 5.74) is 3.26. The van der Waals surface area contributed by atoms with Crippen LogP contribution in [-0.4, -0.2) is 35.8 Å². The molecule has 2 aliphatic heterocycles. The van der Waals surface area contributed by atoms with Crippen LogP contribution in [0.3, 0.4) is 0 Å². The molecule has 1 aromatic heterocycles. The molecule has 5 rings (SSSR count). The zero-order valence-corrected chi connectivity index (χ0v) is 16.5. The fourth-order valence-electron chi connectivity index (χ4n) is 3.78. The molecule has 2 aliphatic rings. The Kier molecular flexibility index (Phi) is 4.93. The van der Waals surface area contributed by atoms with E-state index in [9.17, 15) is 4.79 Å². The van der Waals surface area contributed by atoms with E-state index in [1.165, 1.54) is 12.8 Å². The maximum Gasteiger partial charge on any atom is 0.251 e. The fourth-order valence-corrected chi connectivity index (χ4v) is 3.78. The van der Waals surface area contributed by atoms with Crippen LogP contribution in [0.5, 0.6) is 11.5 Å². The van der Waals surface area contributed by atoms with E-state index in [2.05, 4.69) is 20.2 Å². The minimum absolute atomic E-state index is 0.136. The summed E-state index contributed by atoms with van der Waals surface area (Å²) >= 11 is 0. The van der Waals surface area contributed by atoms with Crippen molar-refractivity contribution in [3.8, 4) is 22.8 Å². The summed E-state index contributed by atoms with van der Waals surface area (Å²) in [6.07, 6.45) is 3.98. The SMILES string of the molecule is O=C(NCc1ccc2c(c1)OCO2)c1cccc(-c2cc(N3CCCC3)ncn2)c1. The van der Waals surface area contributed by atoms with Crippen molar-refractivity contribution >= 4 is 11.7 Å². The zero-order chi connectivity index (χ0) is 20.3. The lowest BCUT2D eigenvalue weighted by atomic mass is 10.1. The Hall–Kier alpha value is -3.61. The Morgan fingerprint density at radius 1 is 1.00 bits per heavy atom. The summed E-state index contributed by atoms with van der Waals surface area (Å²) < 4.78 is 10.7. The molecule has 7 nitrogen and oxygen atoms in total. The van der Waals surface area contributed by atoms with Crippen molar-refractivity contribution in [2.45, 2.75) is 19.4 Å². The quantitative estimate of drug-likeness (QED) is 0.705. The molecule has 1 fully saturated rings. The van der Waals surface area contributed by atoms with E-state index in [4.69, 9.17) is 9.47 Å². The van der Waals surface area contributed by atoms with Gasteiger partial charge < -0.3 is 19.7 Å². The van der Waals surface area contributed by atoms with Crippen molar-refractivity contribution in [3.05, 3.63) is 66.0 Å². The molecule has 1 N–H and O–H groups in total. The monoisotopic (exact) mass is 402 g/mol. The van der Waals surface area contributed by atoms with Gasteiger partial charge in [-0.3, -0.25) is 4.79 Å². The standard InChI is InChI=1S/C23H22N4O3/c28-23(24-13-16-6-7-20-21(10-16)30-15-29-20)18-5-3-4-17(11-18)19-12-22(26-14-25-19)27-8-1-2-9-27/h3-7,10-12,14H,1-2,8-9,13,15H2,(H,24,28). The van der Waals surface area contributed by atoms with Gasteiger partial charge in [0.2, 0.25) is 6.79 Å². The maximum absolute atomic E-state index is 12.7. The Morgan fingerprint density at radius 2 is 1.87 bits per heavy atom. The van der Waals surface area contributed by atoms with E-state index in [1.807, 2.05) is 42.5 Å². The molecule has 3 heterocycles. The summed E-state index contributed by atoms with van der Waals surface area (Å²) in [5, 5.41) is 2.96.